The quantitative estimate of drug-likeness (QED) is 0.704. The van der Waals surface area contributed by atoms with Crippen LogP contribution in [-0.4, -0.2) is 57.0 Å². The number of carbonyl (C=O) groups is 2. The minimum absolute atomic E-state index is 0.000703. The topological polar surface area (TPSA) is 113 Å². The molecule has 1 aliphatic carbocycles. The average Bonchev–Trinajstić information content (AvgIpc) is 3.42. The third-order valence-corrected chi connectivity index (χ3v) is 5.54. The minimum Gasteiger partial charge on any atom is -0.495 e. The van der Waals surface area contributed by atoms with Gasteiger partial charge in [-0.05, 0) is 38.1 Å². The van der Waals surface area contributed by atoms with Crippen LogP contribution < -0.4 is 9.46 Å². The van der Waals surface area contributed by atoms with E-state index in [9.17, 15) is 18.0 Å². The van der Waals surface area contributed by atoms with Gasteiger partial charge in [0.25, 0.3) is 5.91 Å². The number of aliphatic carboxylic acids is 1. The van der Waals surface area contributed by atoms with Crippen molar-refractivity contribution in [1.82, 2.24) is 9.62 Å². The Morgan fingerprint density at radius 1 is 1.40 bits per heavy atom. The Hall–Kier alpha value is -2.13. The molecule has 0 saturated heterocycles. The van der Waals surface area contributed by atoms with Crippen molar-refractivity contribution >= 4 is 21.9 Å². The standard InChI is InChI=1S/C16H22N2O6S/c1-10(16(20)21)9-18(12-5-6-12)15(19)11-4-7-13(24-3)14(8-11)25(22,23)17-2/h4,7-8,10,12,17H,5-6,9H2,1-3H3,(H,20,21). The molecule has 1 aromatic rings. The summed E-state index contributed by atoms with van der Waals surface area (Å²) in [5.74, 6) is -1.94. The van der Waals surface area contributed by atoms with Crippen molar-refractivity contribution in [1.29, 1.82) is 0 Å². The molecule has 0 aromatic heterocycles. The Morgan fingerprint density at radius 2 is 2.04 bits per heavy atom. The SMILES string of the molecule is CNS(=O)(=O)c1cc(C(=O)N(CC(C)C(=O)O)C2CC2)ccc1OC. The molecule has 1 saturated carbocycles. The van der Waals surface area contributed by atoms with Crippen LogP contribution in [0.5, 0.6) is 5.75 Å². The molecular formula is C16H22N2O6S. The van der Waals surface area contributed by atoms with Crippen LogP contribution in [0.4, 0.5) is 0 Å². The molecular weight excluding hydrogens is 348 g/mol. The first kappa shape index (κ1) is 19.2. The fourth-order valence-electron chi connectivity index (χ4n) is 2.45. The zero-order valence-corrected chi connectivity index (χ0v) is 15.2. The van der Waals surface area contributed by atoms with E-state index < -0.39 is 21.9 Å². The Bertz CT molecular complexity index is 773. The molecule has 1 aliphatic rings. The molecule has 8 nitrogen and oxygen atoms in total. The molecule has 0 radical (unpaired) electrons. The van der Waals surface area contributed by atoms with Crippen LogP contribution in [0.1, 0.15) is 30.1 Å². The van der Waals surface area contributed by atoms with E-state index in [1.54, 1.807) is 0 Å². The lowest BCUT2D eigenvalue weighted by atomic mass is 10.1. The molecule has 1 fully saturated rings. The summed E-state index contributed by atoms with van der Waals surface area (Å²) < 4.78 is 31.6. The van der Waals surface area contributed by atoms with E-state index in [4.69, 9.17) is 9.84 Å². The number of rotatable bonds is 8. The number of carboxylic acid groups (broad SMARTS) is 1. The molecule has 2 rings (SSSR count). The fourth-order valence-corrected chi connectivity index (χ4v) is 3.37. The summed E-state index contributed by atoms with van der Waals surface area (Å²) in [6, 6.07) is 4.16. The van der Waals surface area contributed by atoms with E-state index in [0.29, 0.717) is 0 Å². The van der Waals surface area contributed by atoms with E-state index in [1.807, 2.05) is 0 Å². The molecule has 1 aromatic carbocycles. The van der Waals surface area contributed by atoms with Gasteiger partial charge in [-0.2, -0.15) is 0 Å². The molecule has 9 heteroatoms. The zero-order chi connectivity index (χ0) is 18.8. The maximum absolute atomic E-state index is 12.8. The van der Waals surface area contributed by atoms with Crippen LogP contribution >= 0.6 is 0 Å². The van der Waals surface area contributed by atoms with Crippen molar-refractivity contribution in [2.45, 2.75) is 30.7 Å². The summed E-state index contributed by atoms with van der Waals surface area (Å²) in [6.07, 6.45) is 1.63. The number of carbonyl (C=O) groups excluding carboxylic acids is 1. The molecule has 0 heterocycles. The molecule has 1 unspecified atom stereocenters. The van der Waals surface area contributed by atoms with Crippen LogP contribution in [0.25, 0.3) is 0 Å². The molecule has 1 amide bonds. The largest absolute Gasteiger partial charge is 0.495 e. The average molecular weight is 370 g/mol. The lowest BCUT2D eigenvalue weighted by Crippen LogP contribution is -2.38. The van der Waals surface area contributed by atoms with Gasteiger partial charge in [0.05, 0.1) is 13.0 Å². The van der Waals surface area contributed by atoms with Crippen molar-refractivity contribution in [2.24, 2.45) is 5.92 Å². The zero-order valence-electron chi connectivity index (χ0n) is 14.4. The number of benzene rings is 1. The highest BCUT2D eigenvalue weighted by Crippen LogP contribution is 2.31. The van der Waals surface area contributed by atoms with E-state index in [-0.39, 0.29) is 34.7 Å². The second kappa shape index (κ2) is 7.40. The normalized spacial score (nSPS) is 15.5. The van der Waals surface area contributed by atoms with Crippen molar-refractivity contribution in [3.8, 4) is 5.75 Å². The Morgan fingerprint density at radius 3 is 2.52 bits per heavy atom. The summed E-state index contributed by atoms with van der Waals surface area (Å²) in [5, 5.41) is 9.09. The summed E-state index contributed by atoms with van der Waals surface area (Å²) in [4.78, 5) is 25.3. The number of sulfonamides is 1. The molecule has 138 valence electrons. The van der Waals surface area contributed by atoms with E-state index in [2.05, 4.69) is 4.72 Å². The summed E-state index contributed by atoms with van der Waals surface area (Å²) in [5.41, 5.74) is 0.180. The molecule has 0 bridgehead atoms. The van der Waals surface area contributed by atoms with Gasteiger partial charge >= 0.3 is 5.97 Å². The lowest BCUT2D eigenvalue weighted by Gasteiger charge is -2.25. The predicted octanol–water partition coefficient (Wildman–Crippen LogP) is 0.929. The first-order valence-electron chi connectivity index (χ1n) is 7.86. The van der Waals surface area contributed by atoms with Gasteiger partial charge in [0, 0.05) is 18.2 Å². The first-order chi connectivity index (χ1) is 11.7. The number of nitrogens with zero attached hydrogens (tertiary/aromatic N) is 1. The van der Waals surface area contributed by atoms with E-state index in [0.717, 1.165) is 12.8 Å². The third kappa shape index (κ3) is 4.29. The van der Waals surface area contributed by atoms with Gasteiger partial charge in [0.15, 0.2) is 0 Å². The summed E-state index contributed by atoms with van der Waals surface area (Å²) in [6.45, 7) is 1.62. The maximum atomic E-state index is 12.8. The number of ether oxygens (including phenoxy) is 1. The van der Waals surface area contributed by atoms with E-state index in [1.165, 1.54) is 44.2 Å². The van der Waals surface area contributed by atoms with Gasteiger partial charge < -0.3 is 14.7 Å². The Labute approximate surface area is 146 Å². The van der Waals surface area contributed by atoms with Crippen molar-refractivity contribution < 1.29 is 27.9 Å². The van der Waals surface area contributed by atoms with Gasteiger partial charge in [0.2, 0.25) is 10.0 Å². The number of methoxy groups -OCH3 is 1. The van der Waals surface area contributed by atoms with Gasteiger partial charge in [-0.1, -0.05) is 6.92 Å². The van der Waals surface area contributed by atoms with Crippen molar-refractivity contribution in [3.05, 3.63) is 23.8 Å². The highest BCUT2D eigenvalue weighted by molar-refractivity contribution is 7.89. The number of hydrogen-bond acceptors (Lipinski definition) is 5. The van der Waals surface area contributed by atoms with Crippen LogP contribution in [0.2, 0.25) is 0 Å². The smallest absolute Gasteiger partial charge is 0.308 e. The van der Waals surface area contributed by atoms with Gasteiger partial charge in [-0.15, -0.1) is 0 Å². The highest BCUT2D eigenvalue weighted by atomic mass is 32.2. The first-order valence-corrected chi connectivity index (χ1v) is 9.35. The van der Waals surface area contributed by atoms with Crippen LogP contribution in [0, 0.1) is 5.92 Å². The van der Waals surface area contributed by atoms with Crippen LogP contribution in [-0.2, 0) is 14.8 Å². The number of carboxylic acids is 1. The monoisotopic (exact) mass is 370 g/mol. The third-order valence-electron chi connectivity index (χ3n) is 4.11. The lowest BCUT2D eigenvalue weighted by molar-refractivity contribution is -0.141. The molecule has 25 heavy (non-hydrogen) atoms. The number of amides is 1. The molecule has 1 atom stereocenters. The molecule has 2 N–H and O–H groups in total. The second-order valence-electron chi connectivity index (χ2n) is 6.00. The van der Waals surface area contributed by atoms with Crippen LogP contribution in [0.15, 0.2) is 23.1 Å². The number of nitrogens with one attached hydrogen (secondary N) is 1. The highest BCUT2D eigenvalue weighted by Gasteiger charge is 2.35. The maximum Gasteiger partial charge on any atom is 0.308 e. The number of hydrogen-bond donors (Lipinski definition) is 2. The second-order valence-corrected chi connectivity index (χ2v) is 7.86. The van der Waals surface area contributed by atoms with Gasteiger partial charge in [-0.3, -0.25) is 9.59 Å². The summed E-state index contributed by atoms with van der Waals surface area (Å²) >= 11 is 0. The summed E-state index contributed by atoms with van der Waals surface area (Å²) in [7, 11) is -1.19. The minimum atomic E-state index is -3.80. The van der Waals surface area contributed by atoms with Gasteiger partial charge in [-0.25, -0.2) is 13.1 Å². The fraction of sp³-hybridized carbons (Fsp3) is 0.500. The van der Waals surface area contributed by atoms with Crippen molar-refractivity contribution in [3.63, 3.8) is 0 Å². The Kier molecular flexibility index (Phi) is 5.69. The van der Waals surface area contributed by atoms with Crippen molar-refractivity contribution in [2.75, 3.05) is 20.7 Å². The Balaban J connectivity index is 2.37. The van der Waals surface area contributed by atoms with Gasteiger partial charge in [0.1, 0.15) is 10.6 Å². The van der Waals surface area contributed by atoms with E-state index >= 15 is 0 Å². The molecule has 0 spiro atoms. The van der Waals surface area contributed by atoms with Crippen LogP contribution in [0.3, 0.4) is 0 Å². The predicted molar refractivity (Wildman–Crippen MR) is 90.1 cm³/mol. The molecule has 0 aliphatic heterocycles.